The number of β-lactam (4-membered cyclic amide) rings is 1. The van der Waals surface area contributed by atoms with Crippen LogP contribution in [0.1, 0.15) is 38.2 Å². The van der Waals surface area contributed by atoms with Crippen LogP contribution < -0.4 is 40.0 Å². The molecule has 2 atom stereocenters. The number of carboxylic acids is 1. The second-order valence-electron chi connectivity index (χ2n) is 8.18. The molecule has 2 fully saturated rings. The van der Waals surface area contributed by atoms with Gasteiger partial charge in [-0.3, -0.25) is 19.3 Å². The molecule has 1 aliphatic carbocycles. The third kappa shape index (κ3) is 4.84. The summed E-state index contributed by atoms with van der Waals surface area (Å²) in [4.78, 5) is 50.2. The number of benzene rings is 1. The maximum atomic E-state index is 13.4. The molecule has 1 aromatic carbocycles. The van der Waals surface area contributed by atoms with Crippen LogP contribution >= 0.6 is 23.4 Å². The van der Waals surface area contributed by atoms with Crippen molar-refractivity contribution in [2.45, 2.75) is 49.4 Å². The van der Waals surface area contributed by atoms with Crippen molar-refractivity contribution >= 4 is 47.1 Å². The Balaban J connectivity index is 0.00000306. The van der Waals surface area contributed by atoms with Crippen molar-refractivity contribution < 1.29 is 58.6 Å². The third-order valence-corrected chi connectivity index (χ3v) is 7.86. The number of carbonyl (C=O) groups excluding carboxylic acids is 4. The quantitative estimate of drug-likeness (QED) is 0.276. The van der Waals surface area contributed by atoms with Crippen molar-refractivity contribution in [3.63, 3.8) is 0 Å². The van der Waals surface area contributed by atoms with Crippen LogP contribution in [0.2, 0.25) is 5.02 Å². The molecular formula is C22H22ClN2NaO6S. The molecule has 1 saturated carbocycles. The van der Waals surface area contributed by atoms with Crippen molar-refractivity contribution in [3.05, 3.63) is 46.1 Å². The molecule has 0 radical (unpaired) electrons. The molecule has 11 heteroatoms. The second kappa shape index (κ2) is 10.4. The van der Waals surface area contributed by atoms with Crippen molar-refractivity contribution in [3.8, 4) is 0 Å². The second-order valence-corrected chi connectivity index (χ2v) is 9.72. The topological polar surface area (TPSA) is 116 Å². The molecular weight excluding hydrogens is 479 g/mol. The summed E-state index contributed by atoms with van der Waals surface area (Å²) >= 11 is 7.33. The third-order valence-electron chi connectivity index (χ3n) is 6.27. The van der Waals surface area contributed by atoms with Gasteiger partial charge in [-0.05, 0) is 30.5 Å². The zero-order valence-corrected chi connectivity index (χ0v) is 22.0. The van der Waals surface area contributed by atoms with Crippen LogP contribution in [-0.2, 0) is 29.3 Å². The van der Waals surface area contributed by atoms with E-state index >= 15 is 0 Å². The average Bonchev–Trinajstić information content (AvgIpc) is 3.26. The number of rotatable bonds is 6. The van der Waals surface area contributed by atoms with Crippen molar-refractivity contribution in [2.24, 2.45) is 0 Å². The summed E-state index contributed by atoms with van der Waals surface area (Å²) < 4.78 is 4.92. The predicted octanol–water partition coefficient (Wildman–Crippen LogP) is -1.88. The zero-order chi connectivity index (χ0) is 23.0. The SMILES string of the molecule is CC(=O)OCC1=C(C(=O)[O-])N2C(=O)[C@H](NC(=O)C3(c4ccc(Cl)cc4)CCCC3)[C@H]2SC1.[Na+]. The molecule has 0 bridgehead atoms. The van der Waals surface area contributed by atoms with Crippen molar-refractivity contribution in [1.82, 2.24) is 10.2 Å². The van der Waals surface area contributed by atoms with Gasteiger partial charge in [-0.1, -0.05) is 36.6 Å². The Morgan fingerprint density at radius 1 is 1.24 bits per heavy atom. The summed E-state index contributed by atoms with van der Waals surface area (Å²) in [6.45, 7) is 0.997. The molecule has 1 aromatic rings. The van der Waals surface area contributed by atoms with Crippen LogP contribution in [0.5, 0.6) is 0 Å². The van der Waals surface area contributed by atoms with Crippen LogP contribution in [0.15, 0.2) is 35.5 Å². The largest absolute Gasteiger partial charge is 1.00 e. The number of amides is 2. The van der Waals surface area contributed by atoms with E-state index in [9.17, 15) is 24.3 Å². The number of aliphatic carboxylic acids is 1. The van der Waals surface area contributed by atoms with Crippen LogP contribution in [0.25, 0.3) is 0 Å². The summed E-state index contributed by atoms with van der Waals surface area (Å²) in [7, 11) is 0. The maximum Gasteiger partial charge on any atom is 1.00 e. The van der Waals surface area contributed by atoms with E-state index in [1.165, 1.54) is 18.7 Å². The van der Waals surface area contributed by atoms with E-state index in [4.69, 9.17) is 16.3 Å². The Hall–Kier alpha value is -1.52. The number of carbonyl (C=O) groups is 4. The minimum Gasteiger partial charge on any atom is -0.543 e. The zero-order valence-electron chi connectivity index (χ0n) is 18.4. The van der Waals surface area contributed by atoms with E-state index in [1.54, 1.807) is 12.1 Å². The Kier molecular flexibility index (Phi) is 8.22. The van der Waals surface area contributed by atoms with E-state index in [-0.39, 0.29) is 53.5 Å². The first-order valence-corrected chi connectivity index (χ1v) is 11.8. The van der Waals surface area contributed by atoms with Crippen LogP contribution in [0.4, 0.5) is 0 Å². The van der Waals surface area contributed by atoms with Crippen LogP contribution in [0.3, 0.4) is 0 Å². The number of fused-ring (bicyclic) bond motifs is 1. The van der Waals surface area contributed by atoms with E-state index in [2.05, 4.69) is 5.32 Å². The number of ether oxygens (including phenoxy) is 1. The van der Waals surface area contributed by atoms with Gasteiger partial charge in [0.15, 0.2) is 0 Å². The predicted molar refractivity (Wildman–Crippen MR) is 115 cm³/mol. The van der Waals surface area contributed by atoms with E-state index in [1.807, 2.05) is 12.1 Å². The number of carboxylic acid groups (broad SMARTS) is 1. The minimum absolute atomic E-state index is 0. The number of hydrogen-bond donors (Lipinski definition) is 1. The molecule has 8 nitrogen and oxygen atoms in total. The fraction of sp³-hybridized carbons (Fsp3) is 0.455. The molecule has 3 aliphatic rings. The summed E-state index contributed by atoms with van der Waals surface area (Å²) in [6, 6.07) is 6.35. The van der Waals surface area contributed by atoms with Gasteiger partial charge in [-0.25, -0.2) is 0 Å². The van der Waals surface area contributed by atoms with Gasteiger partial charge in [0.25, 0.3) is 5.91 Å². The van der Waals surface area contributed by atoms with Gasteiger partial charge < -0.3 is 20.0 Å². The Labute approximate surface area is 222 Å². The number of thioether (sulfide) groups is 1. The molecule has 33 heavy (non-hydrogen) atoms. The summed E-state index contributed by atoms with van der Waals surface area (Å²) in [5, 5.41) is 14.6. The van der Waals surface area contributed by atoms with Gasteiger partial charge in [-0.2, -0.15) is 0 Å². The number of nitrogens with zero attached hydrogens (tertiary/aromatic N) is 1. The molecule has 2 heterocycles. The van der Waals surface area contributed by atoms with Gasteiger partial charge in [0.1, 0.15) is 18.0 Å². The van der Waals surface area contributed by atoms with Gasteiger partial charge in [0.05, 0.1) is 17.1 Å². The molecule has 4 rings (SSSR count). The van der Waals surface area contributed by atoms with Crippen LogP contribution in [0, 0.1) is 0 Å². The first kappa shape index (κ1) is 26.1. The molecule has 2 aliphatic heterocycles. The molecule has 0 unspecified atom stereocenters. The monoisotopic (exact) mass is 500 g/mol. The molecule has 1 N–H and O–H groups in total. The molecule has 0 aromatic heterocycles. The molecule has 1 saturated heterocycles. The first-order chi connectivity index (χ1) is 15.2. The number of halogens is 1. The van der Waals surface area contributed by atoms with Gasteiger partial charge >= 0.3 is 35.5 Å². The maximum absolute atomic E-state index is 13.4. The number of nitrogens with one attached hydrogen (secondary N) is 1. The van der Waals surface area contributed by atoms with E-state index in [0.29, 0.717) is 23.4 Å². The van der Waals surface area contributed by atoms with Crippen molar-refractivity contribution in [2.75, 3.05) is 12.4 Å². The summed E-state index contributed by atoms with van der Waals surface area (Å²) in [6.07, 6.45) is 3.13. The Bertz CT molecular complexity index is 1010. The fourth-order valence-electron chi connectivity index (χ4n) is 4.65. The van der Waals surface area contributed by atoms with Gasteiger partial charge in [-0.15, -0.1) is 11.8 Å². The smallest absolute Gasteiger partial charge is 0.543 e. The van der Waals surface area contributed by atoms with E-state index in [0.717, 1.165) is 23.3 Å². The van der Waals surface area contributed by atoms with Gasteiger partial charge in [0, 0.05) is 23.3 Å². The number of esters is 1. The molecule has 170 valence electrons. The summed E-state index contributed by atoms with van der Waals surface area (Å²) in [5.74, 6) is -2.56. The average molecular weight is 501 g/mol. The normalized spacial score (nSPS) is 23.2. The van der Waals surface area contributed by atoms with E-state index < -0.39 is 34.7 Å². The molecule has 0 spiro atoms. The summed E-state index contributed by atoms with van der Waals surface area (Å²) in [5.41, 5.74) is 0.139. The number of hydrogen-bond acceptors (Lipinski definition) is 7. The standard InChI is InChI=1S/C22H23ClN2O6S.Na/c1-12(26)31-10-13-11-32-19-16(18(27)25(19)17(13)20(28)29)24-21(30)22(8-2-3-9-22)14-4-6-15(23)7-5-14;/h4-7,16,19H,2-3,8-11H2,1H3,(H,24,30)(H,28,29);/q;+1/p-1/t16-,19+;/m0./s1. The first-order valence-electron chi connectivity index (χ1n) is 10.3. The Morgan fingerprint density at radius 2 is 1.88 bits per heavy atom. The van der Waals surface area contributed by atoms with Crippen LogP contribution in [-0.4, -0.2) is 52.4 Å². The Morgan fingerprint density at radius 3 is 2.45 bits per heavy atom. The van der Waals surface area contributed by atoms with Gasteiger partial charge in [0.2, 0.25) is 5.91 Å². The minimum atomic E-state index is -1.51. The van der Waals surface area contributed by atoms with Crippen molar-refractivity contribution in [1.29, 1.82) is 0 Å². The fourth-order valence-corrected chi connectivity index (χ4v) is 6.10. The molecule has 2 amide bonds.